The molecule has 0 bridgehead atoms. The highest BCUT2D eigenvalue weighted by Gasteiger charge is 2.12. The van der Waals surface area contributed by atoms with Crippen LogP contribution in [0.25, 0.3) is 10.2 Å². The van der Waals surface area contributed by atoms with Gasteiger partial charge in [-0.25, -0.2) is 9.67 Å². The van der Waals surface area contributed by atoms with E-state index in [-0.39, 0.29) is 5.91 Å². The minimum Gasteiger partial charge on any atom is -0.362 e. The zero-order valence-corrected chi connectivity index (χ0v) is 12.5. The third-order valence-corrected chi connectivity index (χ3v) is 3.83. The van der Waals surface area contributed by atoms with E-state index in [2.05, 4.69) is 21.5 Å². The van der Waals surface area contributed by atoms with E-state index in [0.717, 1.165) is 10.2 Å². The Morgan fingerprint density at radius 3 is 3.10 bits per heavy atom. The van der Waals surface area contributed by atoms with Crippen molar-refractivity contribution >= 4 is 32.6 Å². The minimum atomic E-state index is -0.277. The van der Waals surface area contributed by atoms with E-state index in [9.17, 15) is 4.79 Å². The number of amides is 1. The molecule has 0 saturated heterocycles. The highest BCUT2D eigenvalue weighted by Crippen LogP contribution is 2.26. The highest BCUT2D eigenvalue weighted by molar-refractivity contribution is 7.22. The fourth-order valence-corrected chi connectivity index (χ4v) is 2.89. The second-order valence-corrected chi connectivity index (χ2v) is 5.63. The summed E-state index contributed by atoms with van der Waals surface area (Å²) in [7, 11) is 1.57. The van der Waals surface area contributed by atoms with Crippen molar-refractivity contribution in [2.75, 3.05) is 12.4 Å². The molecule has 2 heterocycles. The first-order valence-electron chi connectivity index (χ1n) is 6.36. The van der Waals surface area contributed by atoms with E-state index in [4.69, 9.17) is 4.74 Å². The third-order valence-electron chi connectivity index (χ3n) is 2.90. The van der Waals surface area contributed by atoms with Gasteiger partial charge >= 0.3 is 0 Å². The van der Waals surface area contributed by atoms with Crippen LogP contribution in [0.3, 0.4) is 0 Å². The van der Waals surface area contributed by atoms with E-state index < -0.39 is 0 Å². The number of anilines is 1. The fourth-order valence-electron chi connectivity index (χ4n) is 1.93. The number of carbonyl (C=O) groups excluding carboxylic acids is 1. The van der Waals surface area contributed by atoms with Crippen LogP contribution in [-0.2, 0) is 11.5 Å². The normalized spacial score (nSPS) is 11.0. The minimum absolute atomic E-state index is 0.277. The zero-order valence-electron chi connectivity index (χ0n) is 11.7. The van der Waals surface area contributed by atoms with Gasteiger partial charge in [0.1, 0.15) is 6.73 Å². The Bertz CT molecular complexity index is 793. The molecule has 1 N–H and O–H groups in total. The van der Waals surface area contributed by atoms with E-state index in [1.165, 1.54) is 16.9 Å². The van der Waals surface area contributed by atoms with Gasteiger partial charge in [-0.15, -0.1) is 0 Å². The average molecular weight is 302 g/mol. The summed E-state index contributed by atoms with van der Waals surface area (Å²) in [5.41, 5.74) is 2.38. The molecule has 3 aromatic rings. The molecule has 0 saturated carbocycles. The topological polar surface area (TPSA) is 69.0 Å². The number of methoxy groups -OCH3 is 1. The Morgan fingerprint density at radius 2 is 2.29 bits per heavy atom. The number of aryl methyl sites for hydroxylation is 1. The summed E-state index contributed by atoms with van der Waals surface area (Å²) in [6.07, 6.45) is 1.69. The number of benzene rings is 1. The molecule has 0 aliphatic rings. The fraction of sp³-hybridized carbons (Fsp3) is 0.214. The molecular formula is C14H14N4O2S. The molecule has 108 valence electrons. The quantitative estimate of drug-likeness (QED) is 0.804. The molecule has 0 aliphatic heterocycles. The van der Waals surface area contributed by atoms with Crippen LogP contribution in [0.5, 0.6) is 0 Å². The van der Waals surface area contributed by atoms with Gasteiger partial charge in [0, 0.05) is 13.3 Å². The second kappa shape index (κ2) is 5.63. The van der Waals surface area contributed by atoms with Crippen molar-refractivity contribution in [3.8, 4) is 0 Å². The molecule has 1 aromatic carbocycles. The van der Waals surface area contributed by atoms with E-state index >= 15 is 0 Å². The molecule has 6 nitrogen and oxygen atoms in total. The molecule has 1 amide bonds. The number of hydrogen-bond acceptors (Lipinski definition) is 5. The summed E-state index contributed by atoms with van der Waals surface area (Å²) in [6, 6.07) is 7.64. The SMILES string of the molecule is COCn1ccc(C(=O)Nc2nc3ccc(C)cc3s2)n1. The van der Waals surface area contributed by atoms with Crippen molar-refractivity contribution in [1.82, 2.24) is 14.8 Å². The smallest absolute Gasteiger partial charge is 0.277 e. The number of aromatic nitrogens is 3. The number of fused-ring (bicyclic) bond motifs is 1. The van der Waals surface area contributed by atoms with Gasteiger partial charge in [0.15, 0.2) is 10.8 Å². The number of hydrogen-bond donors (Lipinski definition) is 1. The van der Waals surface area contributed by atoms with Gasteiger partial charge in [0.25, 0.3) is 5.91 Å². The van der Waals surface area contributed by atoms with Gasteiger partial charge in [0.2, 0.25) is 0 Å². The van der Waals surface area contributed by atoms with Crippen molar-refractivity contribution in [3.63, 3.8) is 0 Å². The van der Waals surface area contributed by atoms with Crippen LogP contribution in [0.2, 0.25) is 0 Å². The van der Waals surface area contributed by atoms with Crippen molar-refractivity contribution in [2.45, 2.75) is 13.7 Å². The molecule has 2 aromatic heterocycles. The summed E-state index contributed by atoms with van der Waals surface area (Å²) in [5.74, 6) is -0.277. The predicted octanol–water partition coefficient (Wildman–Crippen LogP) is 2.66. The van der Waals surface area contributed by atoms with Gasteiger partial charge in [-0.1, -0.05) is 17.4 Å². The number of rotatable bonds is 4. The van der Waals surface area contributed by atoms with Gasteiger partial charge in [-0.2, -0.15) is 5.10 Å². The van der Waals surface area contributed by atoms with Crippen LogP contribution < -0.4 is 5.32 Å². The second-order valence-electron chi connectivity index (χ2n) is 4.60. The molecule has 7 heteroatoms. The Morgan fingerprint density at radius 1 is 1.43 bits per heavy atom. The maximum absolute atomic E-state index is 12.1. The van der Waals surface area contributed by atoms with Crippen LogP contribution in [0.4, 0.5) is 5.13 Å². The first-order chi connectivity index (χ1) is 10.2. The molecule has 0 radical (unpaired) electrons. The monoisotopic (exact) mass is 302 g/mol. The van der Waals surface area contributed by atoms with Gasteiger partial charge < -0.3 is 4.74 Å². The molecular weight excluding hydrogens is 288 g/mol. The molecule has 0 aliphatic carbocycles. The molecule has 0 fully saturated rings. The summed E-state index contributed by atoms with van der Waals surface area (Å²) < 4.78 is 7.55. The molecule has 0 unspecified atom stereocenters. The van der Waals surface area contributed by atoms with Crippen molar-refractivity contribution < 1.29 is 9.53 Å². The highest BCUT2D eigenvalue weighted by atomic mass is 32.1. The van der Waals surface area contributed by atoms with Crippen LogP contribution in [0.15, 0.2) is 30.5 Å². The standard InChI is InChI=1S/C14H14N4O2S/c1-9-3-4-10-12(7-9)21-14(15-10)16-13(19)11-5-6-18(17-11)8-20-2/h3-7H,8H2,1-2H3,(H,15,16,19). The lowest BCUT2D eigenvalue weighted by molar-refractivity contribution is 0.101. The number of carbonyl (C=O) groups is 1. The molecule has 3 rings (SSSR count). The Kier molecular flexibility index (Phi) is 3.68. The van der Waals surface area contributed by atoms with Crippen molar-refractivity contribution in [3.05, 3.63) is 41.7 Å². The van der Waals surface area contributed by atoms with E-state index in [1.807, 2.05) is 19.1 Å². The summed E-state index contributed by atoms with van der Waals surface area (Å²) in [5, 5.41) is 7.47. The zero-order chi connectivity index (χ0) is 14.8. The van der Waals surface area contributed by atoms with Crippen molar-refractivity contribution in [1.29, 1.82) is 0 Å². The molecule has 21 heavy (non-hydrogen) atoms. The van der Waals surface area contributed by atoms with Crippen LogP contribution in [0.1, 0.15) is 16.1 Å². The van der Waals surface area contributed by atoms with E-state index in [0.29, 0.717) is 17.6 Å². The number of thiazole rings is 1. The predicted molar refractivity (Wildman–Crippen MR) is 81.5 cm³/mol. The molecule has 0 atom stereocenters. The number of nitrogens with zero attached hydrogens (tertiary/aromatic N) is 3. The van der Waals surface area contributed by atoms with Gasteiger partial charge in [-0.3, -0.25) is 10.1 Å². The Balaban J connectivity index is 1.78. The lowest BCUT2D eigenvalue weighted by Crippen LogP contribution is -2.13. The van der Waals surface area contributed by atoms with Crippen LogP contribution >= 0.6 is 11.3 Å². The average Bonchev–Trinajstić information content (AvgIpc) is 3.05. The largest absolute Gasteiger partial charge is 0.362 e. The maximum atomic E-state index is 12.1. The van der Waals surface area contributed by atoms with Gasteiger partial charge in [0.05, 0.1) is 10.2 Å². The Labute approximate surface area is 125 Å². The van der Waals surface area contributed by atoms with Crippen LogP contribution in [0, 0.1) is 6.92 Å². The lowest BCUT2D eigenvalue weighted by Gasteiger charge is -1.98. The number of ether oxygens (including phenoxy) is 1. The summed E-state index contributed by atoms with van der Waals surface area (Å²) in [6.45, 7) is 2.34. The first kappa shape index (κ1) is 13.7. The van der Waals surface area contributed by atoms with E-state index in [1.54, 1.807) is 24.1 Å². The molecule has 0 spiro atoms. The summed E-state index contributed by atoms with van der Waals surface area (Å²) in [4.78, 5) is 16.5. The first-order valence-corrected chi connectivity index (χ1v) is 7.18. The van der Waals surface area contributed by atoms with Gasteiger partial charge in [-0.05, 0) is 30.7 Å². The summed E-state index contributed by atoms with van der Waals surface area (Å²) >= 11 is 1.45. The van der Waals surface area contributed by atoms with Crippen LogP contribution in [-0.4, -0.2) is 27.8 Å². The number of nitrogens with one attached hydrogen (secondary N) is 1. The van der Waals surface area contributed by atoms with Crippen molar-refractivity contribution in [2.24, 2.45) is 0 Å². The Hall–Kier alpha value is -2.25. The third kappa shape index (κ3) is 2.93. The maximum Gasteiger partial charge on any atom is 0.277 e. The lowest BCUT2D eigenvalue weighted by atomic mass is 10.2.